The summed E-state index contributed by atoms with van der Waals surface area (Å²) < 4.78 is 0. The zero-order chi connectivity index (χ0) is 27.4. The molecule has 2 aliphatic rings. The lowest BCUT2D eigenvalue weighted by molar-refractivity contribution is -0.136. The van der Waals surface area contributed by atoms with E-state index in [1.54, 1.807) is 23.9 Å². The molecule has 1 aliphatic carbocycles. The van der Waals surface area contributed by atoms with Crippen molar-refractivity contribution < 1.29 is 19.5 Å². The molecule has 204 valence electrons. The Morgan fingerprint density at radius 3 is 2.34 bits per heavy atom. The maximum absolute atomic E-state index is 13.9. The lowest BCUT2D eigenvalue weighted by Gasteiger charge is -2.41. The van der Waals surface area contributed by atoms with Crippen LogP contribution in [0.15, 0.2) is 53.4 Å². The third-order valence-electron chi connectivity index (χ3n) is 8.00. The first-order chi connectivity index (χ1) is 18.1. The van der Waals surface area contributed by atoms with Crippen LogP contribution in [0.4, 0.5) is 10.5 Å². The molecule has 1 aliphatic heterocycles. The molecule has 7 nitrogen and oxygen atoms in total. The number of carbonyl (C=O) groups is 3. The van der Waals surface area contributed by atoms with Crippen LogP contribution in [0, 0.1) is 11.3 Å². The minimum Gasteiger partial charge on any atom is -0.481 e. The quantitative estimate of drug-likeness (QED) is 0.391. The Morgan fingerprint density at radius 1 is 1.05 bits per heavy atom. The van der Waals surface area contributed by atoms with Gasteiger partial charge in [0.25, 0.3) is 5.91 Å². The largest absolute Gasteiger partial charge is 0.481 e. The molecule has 1 heterocycles. The van der Waals surface area contributed by atoms with Crippen LogP contribution < -0.4 is 10.2 Å². The average molecular weight is 538 g/mol. The number of carboxylic acids is 1. The predicted octanol–water partition coefficient (Wildman–Crippen LogP) is 6.20. The fraction of sp³-hybridized carbons (Fsp3) is 0.500. The fourth-order valence-corrected chi connectivity index (χ4v) is 6.20. The molecule has 1 saturated carbocycles. The highest BCUT2D eigenvalue weighted by Crippen LogP contribution is 2.43. The fourth-order valence-electron chi connectivity index (χ4n) is 5.74. The van der Waals surface area contributed by atoms with E-state index in [-0.39, 0.29) is 42.4 Å². The zero-order valence-electron chi connectivity index (χ0n) is 22.8. The lowest BCUT2D eigenvalue weighted by atomic mass is 9.71. The summed E-state index contributed by atoms with van der Waals surface area (Å²) in [5, 5.41) is 11.5. The maximum Gasteiger partial charge on any atom is 0.325 e. The Balaban J connectivity index is 1.57. The summed E-state index contributed by atoms with van der Waals surface area (Å²) in [6.07, 6.45) is 6.13. The van der Waals surface area contributed by atoms with Crippen LogP contribution in [-0.4, -0.2) is 53.3 Å². The van der Waals surface area contributed by atoms with E-state index >= 15 is 0 Å². The molecule has 4 rings (SSSR count). The van der Waals surface area contributed by atoms with E-state index in [0.717, 1.165) is 41.8 Å². The second kappa shape index (κ2) is 11.8. The molecule has 2 aromatic carbocycles. The van der Waals surface area contributed by atoms with Gasteiger partial charge in [-0.3, -0.25) is 14.5 Å². The standard InChI is InChI=1S/C30H39N3O4S/c1-30(2,3)22-12-14-23(15-13-22)33-26(19-32(29(33)37)24-6-5-7-25(18-24)38-4)20-8-10-21(11-9-20)28(36)31-17-16-27(34)35/h5-11,18,22-23,26H,12-17,19H2,1-4H3,(H,31,36)(H,34,35). The highest BCUT2D eigenvalue weighted by molar-refractivity contribution is 7.98. The lowest BCUT2D eigenvalue weighted by Crippen LogP contribution is -2.43. The Hall–Kier alpha value is -3.00. The van der Waals surface area contributed by atoms with Gasteiger partial charge in [0, 0.05) is 28.7 Å². The van der Waals surface area contributed by atoms with Crippen LogP contribution in [0.1, 0.15) is 74.8 Å². The first-order valence-corrected chi connectivity index (χ1v) is 14.6. The highest BCUT2D eigenvalue weighted by atomic mass is 32.2. The number of benzene rings is 2. The molecule has 0 bridgehead atoms. The number of urea groups is 1. The normalized spacial score (nSPS) is 22.0. The van der Waals surface area contributed by atoms with Crippen LogP contribution in [0.5, 0.6) is 0 Å². The summed E-state index contributed by atoms with van der Waals surface area (Å²) in [4.78, 5) is 42.2. The number of hydrogen-bond acceptors (Lipinski definition) is 4. The van der Waals surface area contributed by atoms with Gasteiger partial charge in [-0.15, -0.1) is 11.8 Å². The van der Waals surface area contributed by atoms with E-state index in [4.69, 9.17) is 5.11 Å². The molecule has 3 amide bonds. The third-order valence-corrected chi connectivity index (χ3v) is 8.73. The van der Waals surface area contributed by atoms with Crippen molar-refractivity contribution in [2.24, 2.45) is 11.3 Å². The van der Waals surface area contributed by atoms with Gasteiger partial charge in [-0.1, -0.05) is 39.0 Å². The van der Waals surface area contributed by atoms with Crippen molar-refractivity contribution in [3.8, 4) is 0 Å². The Kier molecular flexibility index (Phi) is 8.71. The van der Waals surface area contributed by atoms with Gasteiger partial charge in [-0.05, 0) is 79.2 Å². The number of aliphatic carboxylic acids is 1. The molecule has 2 aromatic rings. The van der Waals surface area contributed by atoms with E-state index in [0.29, 0.717) is 18.0 Å². The highest BCUT2D eigenvalue weighted by Gasteiger charge is 2.44. The number of rotatable bonds is 8. The number of nitrogens with zero attached hydrogens (tertiary/aromatic N) is 2. The number of carbonyl (C=O) groups excluding carboxylic acids is 2. The first kappa shape index (κ1) is 28.0. The number of nitrogens with one attached hydrogen (secondary N) is 1. The van der Waals surface area contributed by atoms with Gasteiger partial charge in [0.05, 0.1) is 19.0 Å². The molecule has 1 unspecified atom stereocenters. The molecule has 1 saturated heterocycles. The van der Waals surface area contributed by atoms with Gasteiger partial charge in [0.1, 0.15) is 0 Å². The van der Waals surface area contributed by atoms with Crippen molar-refractivity contribution in [1.29, 1.82) is 0 Å². The Labute approximate surface area is 230 Å². The van der Waals surface area contributed by atoms with Gasteiger partial charge in [-0.25, -0.2) is 4.79 Å². The van der Waals surface area contributed by atoms with Crippen molar-refractivity contribution in [1.82, 2.24) is 10.2 Å². The topological polar surface area (TPSA) is 89.9 Å². The molecule has 8 heteroatoms. The maximum atomic E-state index is 13.9. The first-order valence-electron chi connectivity index (χ1n) is 13.4. The van der Waals surface area contributed by atoms with Crippen LogP contribution >= 0.6 is 11.8 Å². The second-order valence-electron chi connectivity index (χ2n) is 11.4. The molecular weight excluding hydrogens is 498 g/mol. The predicted molar refractivity (Wildman–Crippen MR) is 152 cm³/mol. The molecule has 0 radical (unpaired) electrons. The van der Waals surface area contributed by atoms with E-state index in [1.165, 1.54) is 0 Å². The minimum atomic E-state index is -0.948. The number of hydrogen-bond donors (Lipinski definition) is 2. The van der Waals surface area contributed by atoms with Crippen LogP contribution in [0.2, 0.25) is 0 Å². The van der Waals surface area contributed by atoms with Gasteiger partial charge < -0.3 is 15.3 Å². The summed E-state index contributed by atoms with van der Waals surface area (Å²) in [6.45, 7) is 7.56. The molecule has 1 atom stereocenters. The van der Waals surface area contributed by atoms with Crippen molar-refractivity contribution in [3.63, 3.8) is 0 Å². The number of amides is 3. The molecule has 2 fully saturated rings. The molecule has 38 heavy (non-hydrogen) atoms. The number of carboxylic acid groups (broad SMARTS) is 1. The smallest absolute Gasteiger partial charge is 0.325 e. The van der Waals surface area contributed by atoms with Gasteiger partial charge in [0.2, 0.25) is 0 Å². The van der Waals surface area contributed by atoms with Crippen molar-refractivity contribution >= 4 is 35.4 Å². The van der Waals surface area contributed by atoms with Crippen LogP contribution in [-0.2, 0) is 4.79 Å². The van der Waals surface area contributed by atoms with E-state index in [1.807, 2.05) is 35.4 Å². The summed E-state index contributed by atoms with van der Waals surface area (Å²) in [5.41, 5.74) is 2.66. The zero-order valence-corrected chi connectivity index (χ0v) is 23.6. The average Bonchev–Trinajstić information content (AvgIpc) is 3.25. The number of thioether (sulfide) groups is 1. The van der Waals surface area contributed by atoms with E-state index < -0.39 is 5.97 Å². The molecule has 0 spiro atoms. The van der Waals surface area contributed by atoms with Gasteiger partial charge in [-0.2, -0.15) is 0 Å². The van der Waals surface area contributed by atoms with Gasteiger partial charge in [0.15, 0.2) is 0 Å². The second-order valence-corrected chi connectivity index (χ2v) is 12.3. The van der Waals surface area contributed by atoms with Crippen LogP contribution in [0.3, 0.4) is 0 Å². The SMILES string of the molecule is CSc1cccc(N2CC(c3ccc(C(=O)NCCC(=O)O)cc3)N(C3CCC(C(C)(C)C)CC3)C2=O)c1. The third kappa shape index (κ3) is 6.34. The van der Waals surface area contributed by atoms with Crippen molar-refractivity contribution in [2.45, 2.75) is 69.9 Å². The molecule has 2 N–H and O–H groups in total. The van der Waals surface area contributed by atoms with Crippen molar-refractivity contribution in [2.75, 3.05) is 24.2 Å². The Bertz CT molecular complexity index is 1150. The van der Waals surface area contributed by atoms with E-state index in [2.05, 4.69) is 43.1 Å². The van der Waals surface area contributed by atoms with Crippen molar-refractivity contribution in [3.05, 3.63) is 59.7 Å². The summed E-state index contributed by atoms with van der Waals surface area (Å²) >= 11 is 1.66. The minimum absolute atomic E-state index is 0.0444. The van der Waals surface area contributed by atoms with Crippen LogP contribution in [0.25, 0.3) is 0 Å². The van der Waals surface area contributed by atoms with E-state index in [9.17, 15) is 14.4 Å². The van der Waals surface area contributed by atoms with Gasteiger partial charge >= 0.3 is 12.0 Å². The molecule has 0 aromatic heterocycles. The summed E-state index contributed by atoms with van der Waals surface area (Å²) in [5.74, 6) is -0.591. The monoisotopic (exact) mass is 537 g/mol. The summed E-state index contributed by atoms with van der Waals surface area (Å²) in [7, 11) is 0. The summed E-state index contributed by atoms with van der Waals surface area (Å²) in [6, 6.07) is 15.6. The molecular formula is C30H39N3O4S. The number of anilines is 1. The Morgan fingerprint density at radius 2 is 1.74 bits per heavy atom.